The Morgan fingerprint density at radius 1 is 1.08 bits per heavy atom. The van der Waals surface area contributed by atoms with Crippen LogP contribution >= 0.6 is 11.6 Å². The maximum atomic E-state index is 14.5. The van der Waals surface area contributed by atoms with E-state index in [1.54, 1.807) is 0 Å². The van der Waals surface area contributed by atoms with Crippen LogP contribution in [0.5, 0.6) is 0 Å². The van der Waals surface area contributed by atoms with Gasteiger partial charge in [-0.3, -0.25) is 0 Å². The lowest BCUT2D eigenvalue weighted by Gasteiger charge is -2.31. The molecular weight excluding hydrogens is 367 g/mol. The Labute approximate surface area is 151 Å². The van der Waals surface area contributed by atoms with E-state index in [-0.39, 0.29) is 22.5 Å². The monoisotopic (exact) mass is 379 g/mol. The first-order chi connectivity index (χ1) is 12.5. The van der Waals surface area contributed by atoms with Crippen molar-refractivity contribution in [2.24, 2.45) is 5.92 Å². The zero-order chi connectivity index (χ0) is 18.0. The Bertz CT molecular complexity index is 1010. The fourth-order valence-corrected chi connectivity index (χ4v) is 4.50. The molecular formula is C17H13ClF3N5. The molecule has 3 aromatic rings. The number of aromatic nitrogens is 4. The number of fused-ring (bicyclic) bond motifs is 3. The van der Waals surface area contributed by atoms with Gasteiger partial charge in [0.25, 0.3) is 5.78 Å². The minimum atomic E-state index is -1.03. The SMILES string of the molecule is Fc1cc(F)c(-c2c(Cl)nc3ncnn3c2N2C[C@@H]3CC[C@H]2C3)c(F)c1. The number of rotatable bonds is 2. The molecule has 26 heavy (non-hydrogen) atoms. The first kappa shape index (κ1) is 15.9. The van der Waals surface area contributed by atoms with Crippen LogP contribution in [0.4, 0.5) is 19.0 Å². The molecule has 2 aliphatic rings. The molecule has 1 saturated heterocycles. The number of hydrogen-bond donors (Lipinski definition) is 0. The zero-order valence-corrected chi connectivity index (χ0v) is 14.2. The van der Waals surface area contributed by atoms with E-state index in [1.165, 1.54) is 10.8 Å². The largest absolute Gasteiger partial charge is 0.353 e. The van der Waals surface area contributed by atoms with Crippen molar-refractivity contribution in [2.45, 2.75) is 25.3 Å². The molecule has 2 fully saturated rings. The third kappa shape index (κ3) is 2.21. The summed E-state index contributed by atoms with van der Waals surface area (Å²) in [4.78, 5) is 10.2. The zero-order valence-electron chi connectivity index (χ0n) is 13.5. The van der Waals surface area contributed by atoms with Crippen LogP contribution in [0.3, 0.4) is 0 Å². The molecule has 0 amide bonds. The van der Waals surface area contributed by atoms with E-state index in [0.717, 1.165) is 25.8 Å². The fourth-order valence-electron chi connectivity index (χ4n) is 4.25. The van der Waals surface area contributed by atoms with Gasteiger partial charge in [-0.1, -0.05) is 11.6 Å². The summed E-state index contributed by atoms with van der Waals surface area (Å²) in [5, 5.41) is 4.08. The van der Waals surface area contributed by atoms with Crippen LogP contribution < -0.4 is 4.90 Å². The van der Waals surface area contributed by atoms with Crippen molar-refractivity contribution in [3.05, 3.63) is 41.1 Å². The van der Waals surface area contributed by atoms with Crippen LogP contribution in [0.25, 0.3) is 16.9 Å². The fraction of sp³-hybridized carbons (Fsp3) is 0.353. The molecule has 2 bridgehead atoms. The summed E-state index contributed by atoms with van der Waals surface area (Å²) in [6.45, 7) is 0.747. The molecule has 5 nitrogen and oxygen atoms in total. The third-order valence-electron chi connectivity index (χ3n) is 5.30. The highest BCUT2D eigenvalue weighted by atomic mass is 35.5. The van der Waals surface area contributed by atoms with Gasteiger partial charge >= 0.3 is 0 Å². The summed E-state index contributed by atoms with van der Waals surface area (Å²) >= 11 is 6.32. The van der Waals surface area contributed by atoms with Crippen molar-refractivity contribution in [3.8, 4) is 11.1 Å². The van der Waals surface area contributed by atoms with Gasteiger partial charge in [-0.2, -0.15) is 19.6 Å². The second kappa shape index (κ2) is 5.57. The number of nitrogens with zero attached hydrogens (tertiary/aromatic N) is 5. The van der Waals surface area contributed by atoms with E-state index in [9.17, 15) is 13.2 Å². The first-order valence-corrected chi connectivity index (χ1v) is 8.71. The van der Waals surface area contributed by atoms with E-state index < -0.39 is 23.0 Å². The van der Waals surface area contributed by atoms with Gasteiger partial charge in [0.05, 0.1) is 11.1 Å². The highest BCUT2D eigenvalue weighted by Gasteiger charge is 2.41. The van der Waals surface area contributed by atoms with Gasteiger partial charge in [0, 0.05) is 24.7 Å². The highest BCUT2D eigenvalue weighted by Crippen LogP contribution is 2.46. The molecule has 2 atom stereocenters. The van der Waals surface area contributed by atoms with Crippen LogP contribution in [0, 0.1) is 23.4 Å². The van der Waals surface area contributed by atoms with Gasteiger partial charge in [0.15, 0.2) is 0 Å². The van der Waals surface area contributed by atoms with Crippen LogP contribution in [0.15, 0.2) is 18.5 Å². The number of piperidine rings is 1. The lowest BCUT2D eigenvalue weighted by molar-refractivity contribution is 0.542. The summed E-state index contributed by atoms with van der Waals surface area (Å²) in [7, 11) is 0. The standard InChI is InChI=1S/C17H13ClF3N5/c18-15-14(13-11(20)4-9(19)5-12(13)21)16(26-17(24-15)22-7-23-26)25-6-8-1-2-10(25)3-8/h4-5,7-8,10H,1-3,6H2/t8-,10+/m1/s1. The van der Waals surface area contributed by atoms with Crippen molar-refractivity contribution < 1.29 is 13.2 Å². The molecule has 134 valence electrons. The number of halogens is 4. The maximum Gasteiger partial charge on any atom is 0.255 e. The van der Waals surface area contributed by atoms with E-state index in [2.05, 4.69) is 20.0 Å². The van der Waals surface area contributed by atoms with Gasteiger partial charge in [0.2, 0.25) is 0 Å². The molecule has 3 heterocycles. The smallest absolute Gasteiger partial charge is 0.255 e. The maximum absolute atomic E-state index is 14.5. The van der Waals surface area contributed by atoms with Gasteiger partial charge in [-0.15, -0.1) is 0 Å². The molecule has 0 N–H and O–H groups in total. The number of anilines is 1. The summed E-state index contributed by atoms with van der Waals surface area (Å²) in [5.41, 5.74) is -0.328. The van der Waals surface area contributed by atoms with Crippen molar-refractivity contribution >= 4 is 23.2 Å². The third-order valence-corrected chi connectivity index (χ3v) is 5.57. The summed E-state index contributed by atoms with van der Waals surface area (Å²) in [6, 6.07) is 1.52. The van der Waals surface area contributed by atoms with Gasteiger partial charge in [0.1, 0.15) is 34.7 Å². The molecule has 1 aliphatic carbocycles. The van der Waals surface area contributed by atoms with E-state index in [0.29, 0.717) is 23.9 Å². The quantitative estimate of drug-likeness (QED) is 0.634. The van der Waals surface area contributed by atoms with Crippen LogP contribution in [-0.2, 0) is 0 Å². The molecule has 1 aliphatic heterocycles. The van der Waals surface area contributed by atoms with Crippen molar-refractivity contribution in [1.82, 2.24) is 19.6 Å². The van der Waals surface area contributed by atoms with Crippen LogP contribution in [0.2, 0.25) is 5.15 Å². The average Bonchev–Trinajstić information content (AvgIpc) is 3.30. The molecule has 0 spiro atoms. The summed E-state index contributed by atoms with van der Waals surface area (Å²) < 4.78 is 43.9. The van der Waals surface area contributed by atoms with Gasteiger partial charge in [-0.25, -0.2) is 13.2 Å². The Kier molecular flexibility index (Phi) is 3.40. The second-order valence-corrected chi connectivity index (χ2v) is 7.16. The van der Waals surface area contributed by atoms with E-state index in [1.807, 2.05) is 0 Å². The first-order valence-electron chi connectivity index (χ1n) is 8.33. The molecule has 1 aromatic carbocycles. The Hall–Kier alpha value is -2.35. The van der Waals surface area contributed by atoms with Gasteiger partial charge < -0.3 is 4.90 Å². The minimum absolute atomic E-state index is 0.0761. The molecule has 5 rings (SSSR count). The highest BCUT2D eigenvalue weighted by molar-refractivity contribution is 6.33. The molecule has 2 aromatic heterocycles. The molecule has 0 radical (unpaired) electrons. The second-order valence-electron chi connectivity index (χ2n) is 6.80. The normalized spacial score (nSPS) is 21.9. The van der Waals surface area contributed by atoms with E-state index in [4.69, 9.17) is 11.6 Å². The predicted octanol–water partition coefficient (Wildman–Crippen LogP) is 3.85. The van der Waals surface area contributed by atoms with Gasteiger partial charge in [-0.05, 0) is 25.2 Å². The molecule has 1 saturated carbocycles. The van der Waals surface area contributed by atoms with Crippen molar-refractivity contribution in [1.29, 1.82) is 0 Å². The summed E-state index contributed by atoms with van der Waals surface area (Å²) in [5.74, 6) is -1.82. The predicted molar refractivity (Wildman–Crippen MR) is 89.6 cm³/mol. The average molecular weight is 380 g/mol. The molecule has 9 heteroatoms. The van der Waals surface area contributed by atoms with Crippen LogP contribution in [-0.4, -0.2) is 32.2 Å². The van der Waals surface area contributed by atoms with E-state index >= 15 is 0 Å². The lowest BCUT2D eigenvalue weighted by atomic mass is 10.0. The van der Waals surface area contributed by atoms with Crippen LogP contribution in [0.1, 0.15) is 19.3 Å². The minimum Gasteiger partial charge on any atom is -0.353 e. The Morgan fingerprint density at radius 2 is 1.85 bits per heavy atom. The Morgan fingerprint density at radius 3 is 2.50 bits per heavy atom. The Balaban J connectivity index is 1.83. The van der Waals surface area contributed by atoms with Crippen molar-refractivity contribution in [2.75, 3.05) is 11.4 Å². The summed E-state index contributed by atoms with van der Waals surface area (Å²) in [6.07, 6.45) is 4.46. The molecule has 0 unspecified atom stereocenters. The topological polar surface area (TPSA) is 46.3 Å². The van der Waals surface area contributed by atoms with Crippen molar-refractivity contribution in [3.63, 3.8) is 0 Å². The lowest BCUT2D eigenvalue weighted by Crippen LogP contribution is -2.34. The number of hydrogen-bond acceptors (Lipinski definition) is 4. The number of benzene rings is 1.